The number of rotatable bonds is 10. The molecule has 0 unspecified atom stereocenters. The Morgan fingerprint density at radius 3 is 2.53 bits per heavy atom. The molecule has 3 aromatic rings. The summed E-state index contributed by atoms with van der Waals surface area (Å²) in [7, 11) is 2.95. The largest absolute Gasteiger partial charge is 0.495 e. The molecule has 2 N–H and O–H groups in total. The van der Waals surface area contributed by atoms with Crippen molar-refractivity contribution in [1.82, 2.24) is 5.43 Å². The molecule has 0 aliphatic rings. The van der Waals surface area contributed by atoms with E-state index in [0.29, 0.717) is 33.0 Å². The summed E-state index contributed by atoms with van der Waals surface area (Å²) in [4.78, 5) is 34.9. The van der Waals surface area contributed by atoms with E-state index in [9.17, 15) is 19.7 Å². The van der Waals surface area contributed by atoms with Gasteiger partial charge < -0.3 is 19.5 Å². The summed E-state index contributed by atoms with van der Waals surface area (Å²) in [6.45, 7) is -0.292. The quantitative estimate of drug-likeness (QED) is 0.217. The van der Waals surface area contributed by atoms with E-state index < -0.39 is 16.7 Å². The van der Waals surface area contributed by atoms with Gasteiger partial charge in [-0.15, -0.1) is 0 Å². The summed E-state index contributed by atoms with van der Waals surface area (Å²) in [5.74, 6) is 0.127. The minimum Gasteiger partial charge on any atom is -0.495 e. The third kappa shape index (κ3) is 6.79. The van der Waals surface area contributed by atoms with Crippen molar-refractivity contribution in [3.8, 4) is 17.2 Å². The number of hydrazone groups is 1. The lowest BCUT2D eigenvalue weighted by Crippen LogP contribution is -2.20. The van der Waals surface area contributed by atoms with E-state index in [0.717, 1.165) is 6.07 Å². The first-order chi connectivity index (χ1) is 17.3. The van der Waals surface area contributed by atoms with Crippen molar-refractivity contribution in [2.75, 3.05) is 26.1 Å². The molecule has 0 heterocycles. The molecule has 36 heavy (non-hydrogen) atoms. The Morgan fingerprint density at radius 1 is 1.06 bits per heavy atom. The number of non-ortho nitro benzene ring substituents is 1. The monoisotopic (exact) mass is 556 g/mol. The summed E-state index contributed by atoms with van der Waals surface area (Å²) < 4.78 is 16.7. The third-order valence-corrected chi connectivity index (χ3v) is 5.27. The van der Waals surface area contributed by atoms with Crippen molar-refractivity contribution in [3.63, 3.8) is 0 Å². The number of halogens is 1. The molecule has 0 aliphatic heterocycles. The minimum atomic E-state index is -0.609. The van der Waals surface area contributed by atoms with Crippen molar-refractivity contribution >= 4 is 45.3 Å². The van der Waals surface area contributed by atoms with Crippen LogP contribution in [0.3, 0.4) is 0 Å². The molecule has 0 bridgehead atoms. The molecule has 0 saturated heterocycles. The molecule has 11 nitrogen and oxygen atoms in total. The van der Waals surface area contributed by atoms with Crippen LogP contribution in [0.15, 0.2) is 70.2 Å². The number of nitrogens with zero attached hydrogens (tertiary/aromatic N) is 2. The van der Waals surface area contributed by atoms with E-state index in [1.54, 1.807) is 36.4 Å². The number of nitrogens with one attached hydrogen (secondary N) is 2. The van der Waals surface area contributed by atoms with Crippen LogP contribution in [0.1, 0.15) is 15.9 Å². The fourth-order valence-corrected chi connectivity index (χ4v) is 3.59. The SMILES string of the molecule is COc1ccccc1NC(=O)COc1c(Br)cc(/C=N/NC(=O)c2cccc([N+](=O)[O-])c2)cc1OC. The van der Waals surface area contributed by atoms with Gasteiger partial charge in [0.1, 0.15) is 5.75 Å². The molecule has 0 aromatic heterocycles. The van der Waals surface area contributed by atoms with Crippen molar-refractivity contribution in [3.05, 3.63) is 86.4 Å². The summed E-state index contributed by atoms with van der Waals surface area (Å²) in [6, 6.07) is 15.5. The molecule has 3 aromatic carbocycles. The lowest BCUT2D eigenvalue weighted by molar-refractivity contribution is -0.384. The summed E-state index contributed by atoms with van der Waals surface area (Å²) in [6.07, 6.45) is 1.36. The molecule has 0 fully saturated rings. The van der Waals surface area contributed by atoms with E-state index in [4.69, 9.17) is 14.2 Å². The standard InChI is InChI=1S/C24H21BrN4O7/c1-34-20-9-4-3-8-19(20)27-22(30)14-36-23-18(25)10-15(11-21(23)35-2)13-26-28-24(31)16-6-5-7-17(12-16)29(32)33/h3-13H,14H2,1-2H3,(H,27,30)(H,28,31)/b26-13+. The average molecular weight is 557 g/mol. The Balaban J connectivity index is 1.64. The Labute approximate surface area is 214 Å². The third-order valence-electron chi connectivity index (χ3n) is 4.68. The summed E-state index contributed by atoms with van der Waals surface area (Å²) in [5.41, 5.74) is 3.26. The van der Waals surface area contributed by atoms with E-state index in [1.807, 2.05) is 0 Å². The normalized spacial score (nSPS) is 10.5. The highest BCUT2D eigenvalue weighted by molar-refractivity contribution is 9.10. The van der Waals surface area contributed by atoms with Crippen LogP contribution < -0.4 is 25.0 Å². The maximum atomic E-state index is 12.4. The van der Waals surface area contributed by atoms with Crippen molar-refractivity contribution in [2.24, 2.45) is 5.10 Å². The van der Waals surface area contributed by atoms with E-state index in [-0.39, 0.29) is 17.9 Å². The van der Waals surface area contributed by atoms with E-state index in [1.165, 1.54) is 38.6 Å². The molecular weight excluding hydrogens is 536 g/mol. The first-order valence-electron chi connectivity index (χ1n) is 10.3. The highest BCUT2D eigenvalue weighted by atomic mass is 79.9. The second kappa shape index (κ2) is 12.3. The van der Waals surface area contributed by atoms with Crippen LogP contribution in [-0.2, 0) is 4.79 Å². The number of para-hydroxylation sites is 2. The first kappa shape index (κ1) is 26.2. The highest BCUT2D eigenvalue weighted by Crippen LogP contribution is 2.36. The van der Waals surface area contributed by atoms with Crippen LogP contribution in [0.4, 0.5) is 11.4 Å². The van der Waals surface area contributed by atoms with Gasteiger partial charge in [0, 0.05) is 17.7 Å². The van der Waals surface area contributed by atoms with Gasteiger partial charge in [0.25, 0.3) is 17.5 Å². The molecule has 12 heteroatoms. The van der Waals surface area contributed by atoms with Gasteiger partial charge in [-0.2, -0.15) is 5.10 Å². The van der Waals surface area contributed by atoms with Gasteiger partial charge in [-0.3, -0.25) is 19.7 Å². The Hall–Kier alpha value is -4.45. The van der Waals surface area contributed by atoms with Gasteiger partial charge in [-0.25, -0.2) is 5.43 Å². The second-order valence-corrected chi connectivity index (χ2v) is 7.93. The zero-order valence-corrected chi connectivity index (χ0v) is 20.8. The topological polar surface area (TPSA) is 141 Å². The number of anilines is 1. The van der Waals surface area contributed by atoms with Crippen LogP contribution in [0, 0.1) is 10.1 Å². The average Bonchev–Trinajstić information content (AvgIpc) is 2.88. The minimum absolute atomic E-state index is 0.0928. The van der Waals surface area contributed by atoms with Gasteiger partial charge in [0.05, 0.1) is 35.5 Å². The number of methoxy groups -OCH3 is 2. The molecule has 3 rings (SSSR count). The summed E-state index contributed by atoms with van der Waals surface area (Å²) >= 11 is 3.39. The zero-order chi connectivity index (χ0) is 26.1. The number of hydrogen-bond acceptors (Lipinski definition) is 8. The van der Waals surface area contributed by atoms with Gasteiger partial charge in [0.15, 0.2) is 18.1 Å². The molecule has 0 saturated carbocycles. The van der Waals surface area contributed by atoms with Crippen LogP contribution in [0.2, 0.25) is 0 Å². The van der Waals surface area contributed by atoms with Crippen molar-refractivity contribution in [2.45, 2.75) is 0 Å². The number of nitro groups is 1. The molecule has 0 atom stereocenters. The van der Waals surface area contributed by atoms with Crippen LogP contribution in [0.5, 0.6) is 17.2 Å². The zero-order valence-electron chi connectivity index (χ0n) is 19.2. The first-order valence-corrected chi connectivity index (χ1v) is 11.1. The number of carbonyl (C=O) groups excluding carboxylic acids is 2. The van der Waals surface area contributed by atoms with Crippen molar-refractivity contribution < 1.29 is 28.7 Å². The van der Waals surface area contributed by atoms with E-state index >= 15 is 0 Å². The molecule has 2 amide bonds. The maximum Gasteiger partial charge on any atom is 0.271 e. The lowest BCUT2D eigenvalue weighted by atomic mass is 10.2. The number of amides is 2. The second-order valence-electron chi connectivity index (χ2n) is 7.08. The van der Waals surface area contributed by atoms with Gasteiger partial charge in [-0.05, 0) is 51.8 Å². The molecule has 0 spiro atoms. The predicted molar refractivity (Wildman–Crippen MR) is 136 cm³/mol. The fourth-order valence-electron chi connectivity index (χ4n) is 3.02. The van der Waals surface area contributed by atoms with Gasteiger partial charge >= 0.3 is 0 Å². The molecule has 186 valence electrons. The number of nitro benzene ring substituents is 1. The Kier molecular flexibility index (Phi) is 8.95. The number of benzene rings is 3. The van der Waals surface area contributed by atoms with Crippen molar-refractivity contribution in [1.29, 1.82) is 0 Å². The predicted octanol–water partition coefficient (Wildman–Crippen LogP) is 4.16. The summed E-state index contributed by atoms with van der Waals surface area (Å²) in [5, 5.41) is 17.5. The molecule has 0 aliphatic carbocycles. The maximum absolute atomic E-state index is 12.4. The Morgan fingerprint density at radius 2 is 1.81 bits per heavy atom. The molecule has 0 radical (unpaired) electrons. The highest BCUT2D eigenvalue weighted by Gasteiger charge is 2.15. The Bertz CT molecular complexity index is 1310. The number of carbonyl (C=O) groups is 2. The van der Waals surface area contributed by atoms with E-state index in [2.05, 4.69) is 31.8 Å². The van der Waals surface area contributed by atoms with Crippen LogP contribution in [0.25, 0.3) is 0 Å². The fraction of sp³-hybridized carbons (Fsp3) is 0.125. The van der Waals surface area contributed by atoms with Crippen LogP contribution in [-0.4, -0.2) is 43.8 Å². The lowest BCUT2D eigenvalue weighted by Gasteiger charge is -2.14. The van der Waals surface area contributed by atoms with Crippen LogP contribution >= 0.6 is 15.9 Å². The smallest absolute Gasteiger partial charge is 0.271 e. The van der Waals surface area contributed by atoms with Gasteiger partial charge in [0.2, 0.25) is 0 Å². The number of ether oxygens (including phenoxy) is 3. The molecular formula is C24H21BrN4O7. The van der Waals surface area contributed by atoms with Gasteiger partial charge in [-0.1, -0.05) is 18.2 Å². The number of hydrogen-bond donors (Lipinski definition) is 2.